The predicted octanol–water partition coefficient (Wildman–Crippen LogP) is 5.87. The summed E-state index contributed by atoms with van der Waals surface area (Å²) in [4.78, 5) is 0. The van der Waals surface area contributed by atoms with Gasteiger partial charge in [0.25, 0.3) is 0 Å². The van der Waals surface area contributed by atoms with Gasteiger partial charge in [0.1, 0.15) is 18.4 Å². The van der Waals surface area contributed by atoms with E-state index in [2.05, 4.69) is 0 Å². The van der Waals surface area contributed by atoms with E-state index >= 15 is 0 Å². The molecule has 0 amide bonds. The smallest absolute Gasteiger partial charge is 0.416 e. The third kappa shape index (κ3) is 5.54. The van der Waals surface area contributed by atoms with Crippen LogP contribution in [0.2, 0.25) is 0 Å². The number of hydrogen-bond donors (Lipinski definition) is 1. The summed E-state index contributed by atoms with van der Waals surface area (Å²) in [5.74, 6) is -0.192. The Hall–Kier alpha value is -2.43. The fourth-order valence-corrected chi connectivity index (χ4v) is 2.26. The van der Waals surface area contributed by atoms with E-state index in [0.29, 0.717) is 12.1 Å². The summed E-state index contributed by atoms with van der Waals surface area (Å²) in [5, 5.41) is 0. The Balaban J connectivity index is 2.27. The van der Waals surface area contributed by atoms with Gasteiger partial charge in [-0.1, -0.05) is 12.1 Å². The Morgan fingerprint density at radius 3 is 1.79 bits per heavy atom. The topological polar surface area (TPSA) is 35.2 Å². The van der Waals surface area contributed by atoms with E-state index in [1.807, 2.05) is 0 Å². The summed E-state index contributed by atoms with van der Waals surface area (Å²) in [5.41, 5.74) is 1.19. The Kier molecular flexibility index (Phi) is 5.88. The zero-order valence-electron chi connectivity index (χ0n) is 13.7. The second kappa shape index (κ2) is 7.53. The number of alkyl halides is 9. The van der Waals surface area contributed by atoms with Gasteiger partial charge in [-0.15, -0.1) is 0 Å². The van der Waals surface area contributed by atoms with Crippen LogP contribution in [0.4, 0.5) is 39.5 Å². The number of halogens is 9. The molecule has 2 aromatic carbocycles. The fourth-order valence-electron chi connectivity index (χ4n) is 2.26. The SMILES string of the molecule is N[C@@H](c1cccc(OCc2cc(C(F)(F)F)cc(C(F)(F)F)c2)c1)C(F)(F)F. The van der Waals surface area contributed by atoms with E-state index in [0.717, 1.165) is 12.1 Å². The molecule has 2 N–H and O–H groups in total. The van der Waals surface area contributed by atoms with Gasteiger partial charge in [-0.3, -0.25) is 0 Å². The zero-order valence-corrected chi connectivity index (χ0v) is 13.7. The van der Waals surface area contributed by atoms with Gasteiger partial charge in [0.05, 0.1) is 11.1 Å². The van der Waals surface area contributed by atoms with Crippen LogP contribution in [0.5, 0.6) is 5.75 Å². The maximum absolute atomic E-state index is 12.8. The first-order valence-electron chi connectivity index (χ1n) is 7.51. The van der Waals surface area contributed by atoms with E-state index < -0.39 is 47.9 Å². The van der Waals surface area contributed by atoms with Crippen LogP contribution >= 0.6 is 0 Å². The van der Waals surface area contributed by atoms with Crippen LogP contribution < -0.4 is 10.5 Å². The van der Waals surface area contributed by atoms with Gasteiger partial charge < -0.3 is 10.5 Å². The highest BCUT2D eigenvalue weighted by Gasteiger charge is 2.38. The standard InChI is InChI=1S/C17H12F9NO/c18-15(19,20)11-4-9(5-12(7-11)16(21,22)23)8-28-13-3-1-2-10(6-13)14(27)17(24,25)26/h1-7,14H,8,27H2/t14-/m0/s1. The Bertz CT molecular complexity index is 792. The summed E-state index contributed by atoms with van der Waals surface area (Å²) in [6, 6.07) is 2.94. The molecular formula is C17H12F9NO. The molecule has 0 saturated heterocycles. The van der Waals surface area contributed by atoms with Crippen molar-refractivity contribution in [2.45, 2.75) is 31.2 Å². The lowest BCUT2D eigenvalue weighted by Gasteiger charge is -2.17. The molecule has 0 aliphatic carbocycles. The average molecular weight is 417 g/mol. The molecule has 0 aliphatic heterocycles. The van der Waals surface area contributed by atoms with E-state index in [4.69, 9.17) is 10.5 Å². The van der Waals surface area contributed by atoms with Crippen molar-refractivity contribution < 1.29 is 44.3 Å². The van der Waals surface area contributed by atoms with Crippen LogP contribution in [0, 0.1) is 0 Å². The zero-order chi connectivity index (χ0) is 21.3. The number of hydrogen-bond acceptors (Lipinski definition) is 2. The Morgan fingerprint density at radius 1 is 0.786 bits per heavy atom. The van der Waals surface area contributed by atoms with Crippen molar-refractivity contribution in [3.63, 3.8) is 0 Å². The summed E-state index contributed by atoms with van der Waals surface area (Å²) in [7, 11) is 0. The first-order valence-corrected chi connectivity index (χ1v) is 7.51. The molecular weight excluding hydrogens is 405 g/mol. The molecule has 2 nitrogen and oxygen atoms in total. The number of nitrogens with two attached hydrogens (primary N) is 1. The summed E-state index contributed by atoms with van der Waals surface area (Å²) >= 11 is 0. The average Bonchev–Trinajstić information content (AvgIpc) is 2.57. The maximum atomic E-state index is 12.8. The molecule has 0 fully saturated rings. The van der Waals surface area contributed by atoms with Crippen LogP contribution in [-0.2, 0) is 19.0 Å². The van der Waals surface area contributed by atoms with E-state index in [-0.39, 0.29) is 17.4 Å². The molecule has 0 spiro atoms. The molecule has 0 aliphatic rings. The van der Waals surface area contributed by atoms with Gasteiger partial charge in [-0.2, -0.15) is 39.5 Å². The van der Waals surface area contributed by atoms with Crippen LogP contribution in [0.15, 0.2) is 42.5 Å². The molecule has 0 unspecified atom stereocenters. The lowest BCUT2D eigenvalue weighted by atomic mass is 10.0. The third-order valence-corrected chi connectivity index (χ3v) is 3.62. The summed E-state index contributed by atoms with van der Waals surface area (Å²) in [6.07, 6.45) is -14.8. The van der Waals surface area contributed by atoms with Gasteiger partial charge in [-0.25, -0.2) is 0 Å². The molecule has 28 heavy (non-hydrogen) atoms. The minimum atomic E-state index is -5.02. The van der Waals surface area contributed by atoms with Crippen molar-refractivity contribution in [1.29, 1.82) is 0 Å². The van der Waals surface area contributed by atoms with Crippen LogP contribution in [0.25, 0.3) is 0 Å². The highest BCUT2D eigenvalue weighted by atomic mass is 19.4. The molecule has 0 heterocycles. The molecule has 1 atom stereocenters. The number of rotatable bonds is 4. The second-order valence-electron chi connectivity index (χ2n) is 5.79. The van der Waals surface area contributed by atoms with Crippen molar-refractivity contribution in [2.24, 2.45) is 5.73 Å². The lowest BCUT2D eigenvalue weighted by molar-refractivity contribution is -0.149. The normalized spacial score (nSPS) is 14.1. The molecule has 0 bridgehead atoms. The number of ether oxygens (including phenoxy) is 1. The van der Waals surface area contributed by atoms with Crippen LogP contribution in [0.3, 0.4) is 0 Å². The van der Waals surface area contributed by atoms with E-state index in [1.54, 1.807) is 0 Å². The van der Waals surface area contributed by atoms with Crippen molar-refractivity contribution in [3.8, 4) is 5.75 Å². The monoisotopic (exact) mass is 417 g/mol. The molecule has 0 aromatic heterocycles. The first kappa shape index (κ1) is 21.9. The third-order valence-electron chi connectivity index (χ3n) is 3.62. The second-order valence-corrected chi connectivity index (χ2v) is 5.79. The number of benzene rings is 2. The van der Waals surface area contributed by atoms with Gasteiger partial charge >= 0.3 is 18.5 Å². The van der Waals surface area contributed by atoms with Crippen LogP contribution in [-0.4, -0.2) is 6.18 Å². The molecule has 154 valence electrons. The lowest BCUT2D eigenvalue weighted by Crippen LogP contribution is -2.28. The van der Waals surface area contributed by atoms with E-state index in [9.17, 15) is 39.5 Å². The van der Waals surface area contributed by atoms with Crippen molar-refractivity contribution in [2.75, 3.05) is 0 Å². The largest absolute Gasteiger partial charge is 0.489 e. The van der Waals surface area contributed by atoms with E-state index in [1.165, 1.54) is 12.1 Å². The van der Waals surface area contributed by atoms with Crippen LogP contribution in [0.1, 0.15) is 28.3 Å². The van der Waals surface area contributed by atoms with Crippen molar-refractivity contribution in [3.05, 3.63) is 64.7 Å². The summed E-state index contributed by atoms with van der Waals surface area (Å²) < 4.78 is 120. The van der Waals surface area contributed by atoms with Crippen molar-refractivity contribution >= 4 is 0 Å². The van der Waals surface area contributed by atoms with Gasteiger partial charge in [0.15, 0.2) is 0 Å². The van der Waals surface area contributed by atoms with Gasteiger partial charge in [-0.05, 0) is 41.5 Å². The minimum absolute atomic E-state index is 0.0352. The summed E-state index contributed by atoms with van der Waals surface area (Å²) in [6.45, 7) is -0.724. The Labute approximate surface area is 152 Å². The fraction of sp³-hybridized carbons (Fsp3) is 0.294. The van der Waals surface area contributed by atoms with Gasteiger partial charge in [0, 0.05) is 0 Å². The quantitative estimate of drug-likeness (QED) is 0.632. The van der Waals surface area contributed by atoms with Crippen molar-refractivity contribution in [1.82, 2.24) is 0 Å². The van der Waals surface area contributed by atoms with Gasteiger partial charge in [0.2, 0.25) is 0 Å². The molecule has 11 heteroatoms. The highest BCUT2D eigenvalue weighted by molar-refractivity contribution is 5.35. The minimum Gasteiger partial charge on any atom is -0.489 e. The molecule has 2 rings (SSSR count). The first-order chi connectivity index (χ1) is 12.7. The molecule has 2 aromatic rings. The highest BCUT2D eigenvalue weighted by Crippen LogP contribution is 2.37. The molecule has 0 saturated carbocycles. The Morgan fingerprint density at radius 2 is 1.32 bits per heavy atom. The molecule has 0 radical (unpaired) electrons. The maximum Gasteiger partial charge on any atom is 0.416 e. The predicted molar refractivity (Wildman–Crippen MR) is 80.2 cm³/mol.